The monoisotopic (exact) mass is 283 g/mol. The van der Waals surface area contributed by atoms with Gasteiger partial charge in [-0.15, -0.1) is 0 Å². The van der Waals surface area contributed by atoms with Gasteiger partial charge in [0.05, 0.1) is 0 Å². The van der Waals surface area contributed by atoms with Gasteiger partial charge in [-0.05, 0) is 43.9 Å². The lowest BCUT2D eigenvalue weighted by atomic mass is 10.2. The van der Waals surface area contributed by atoms with E-state index in [4.69, 9.17) is 4.98 Å². The molecule has 2 aromatic rings. The summed E-state index contributed by atoms with van der Waals surface area (Å²) in [6.07, 6.45) is 7.04. The van der Waals surface area contributed by atoms with Gasteiger partial charge in [0.15, 0.2) is 0 Å². The minimum absolute atomic E-state index is 0.554. The van der Waals surface area contributed by atoms with Crippen LogP contribution in [-0.2, 0) is 6.42 Å². The predicted octanol–water partition coefficient (Wildman–Crippen LogP) is 2.75. The normalized spacial score (nSPS) is 14.0. The van der Waals surface area contributed by atoms with Gasteiger partial charge >= 0.3 is 0 Å². The molecule has 0 saturated heterocycles. The van der Waals surface area contributed by atoms with Crippen LogP contribution in [0, 0.1) is 6.92 Å². The van der Waals surface area contributed by atoms with E-state index in [1.54, 1.807) is 0 Å². The smallest absolute Gasteiger partial charge is 0.136 e. The molecule has 2 heterocycles. The maximum atomic E-state index is 4.70. The summed E-state index contributed by atoms with van der Waals surface area (Å²) in [6, 6.07) is 4.09. The summed E-state index contributed by atoms with van der Waals surface area (Å²) in [5, 5.41) is 6.62. The molecule has 0 radical (unpaired) electrons. The van der Waals surface area contributed by atoms with Crippen LogP contribution in [0.1, 0.15) is 35.7 Å². The number of nitrogens with zero attached hydrogens (tertiary/aromatic N) is 3. The Morgan fingerprint density at radius 2 is 1.86 bits per heavy atom. The molecule has 2 aromatic heterocycles. The number of anilines is 2. The summed E-state index contributed by atoms with van der Waals surface area (Å²) in [7, 11) is 1.91. The zero-order valence-electron chi connectivity index (χ0n) is 12.6. The molecule has 3 rings (SSSR count). The summed E-state index contributed by atoms with van der Waals surface area (Å²) >= 11 is 0. The second-order valence-corrected chi connectivity index (χ2v) is 5.46. The third-order valence-electron chi connectivity index (χ3n) is 3.80. The van der Waals surface area contributed by atoms with E-state index in [0.29, 0.717) is 5.92 Å². The Hall–Kier alpha value is -2.17. The van der Waals surface area contributed by atoms with E-state index in [1.807, 2.05) is 31.6 Å². The van der Waals surface area contributed by atoms with Crippen molar-refractivity contribution >= 4 is 11.6 Å². The number of rotatable bonds is 6. The lowest BCUT2D eigenvalue weighted by molar-refractivity contribution is 0.907. The standard InChI is InChI=1S/C16H21N5/c1-11-14(17-2)20-16(13-3-4-13)21-15(11)19-10-7-12-5-8-18-9-6-12/h5-6,8-9,13H,3-4,7,10H2,1-2H3,(H2,17,19,20,21). The van der Waals surface area contributed by atoms with Crippen LogP contribution in [0.15, 0.2) is 24.5 Å². The van der Waals surface area contributed by atoms with Crippen molar-refractivity contribution in [3.05, 3.63) is 41.5 Å². The van der Waals surface area contributed by atoms with E-state index in [9.17, 15) is 0 Å². The van der Waals surface area contributed by atoms with Crippen molar-refractivity contribution in [2.24, 2.45) is 0 Å². The Morgan fingerprint density at radius 1 is 1.14 bits per heavy atom. The number of aromatic nitrogens is 3. The van der Waals surface area contributed by atoms with E-state index < -0.39 is 0 Å². The minimum Gasteiger partial charge on any atom is -0.373 e. The number of nitrogens with one attached hydrogen (secondary N) is 2. The predicted molar refractivity (Wildman–Crippen MR) is 84.7 cm³/mol. The highest BCUT2D eigenvalue weighted by Crippen LogP contribution is 2.39. The Bertz CT molecular complexity index is 608. The molecule has 5 heteroatoms. The topological polar surface area (TPSA) is 62.7 Å². The first kappa shape index (κ1) is 13.8. The van der Waals surface area contributed by atoms with Gasteiger partial charge < -0.3 is 10.6 Å². The molecule has 2 N–H and O–H groups in total. The van der Waals surface area contributed by atoms with Crippen LogP contribution in [0.2, 0.25) is 0 Å². The van der Waals surface area contributed by atoms with Gasteiger partial charge in [-0.2, -0.15) is 0 Å². The quantitative estimate of drug-likeness (QED) is 0.853. The summed E-state index contributed by atoms with van der Waals surface area (Å²) < 4.78 is 0. The van der Waals surface area contributed by atoms with Crippen LogP contribution in [0.3, 0.4) is 0 Å². The van der Waals surface area contributed by atoms with Crippen LogP contribution in [0.25, 0.3) is 0 Å². The highest BCUT2D eigenvalue weighted by atomic mass is 15.1. The van der Waals surface area contributed by atoms with Gasteiger partial charge in [0.25, 0.3) is 0 Å². The van der Waals surface area contributed by atoms with E-state index in [0.717, 1.165) is 36.0 Å². The van der Waals surface area contributed by atoms with Gasteiger partial charge in [-0.1, -0.05) is 0 Å². The van der Waals surface area contributed by atoms with E-state index in [2.05, 4.69) is 27.5 Å². The molecule has 5 nitrogen and oxygen atoms in total. The first-order chi connectivity index (χ1) is 10.3. The molecule has 1 fully saturated rings. The molecule has 0 amide bonds. The molecular weight excluding hydrogens is 262 g/mol. The number of pyridine rings is 1. The molecule has 1 aliphatic rings. The first-order valence-electron chi connectivity index (χ1n) is 7.47. The van der Waals surface area contributed by atoms with E-state index in [-0.39, 0.29) is 0 Å². The Morgan fingerprint density at radius 3 is 2.52 bits per heavy atom. The van der Waals surface area contributed by atoms with Gasteiger partial charge in [0.1, 0.15) is 17.5 Å². The van der Waals surface area contributed by atoms with Crippen LogP contribution in [0.4, 0.5) is 11.6 Å². The van der Waals surface area contributed by atoms with E-state index in [1.165, 1.54) is 18.4 Å². The molecule has 110 valence electrons. The van der Waals surface area contributed by atoms with Crippen molar-refractivity contribution in [2.45, 2.75) is 32.1 Å². The second kappa shape index (κ2) is 6.08. The summed E-state index contributed by atoms with van der Waals surface area (Å²) in [5.74, 6) is 3.40. The van der Waals surface area contributed by atoms with Crippen LogP contribution in [0.5, 0.6) is 0 Å². The molecule has 0 spiro atoms. The fourth-order valence-electron chi connectivity index (χ4n) is 2.35. The van der Waals surface area contributed by atoms with Crippen molar-refractivity contribution in [2.75, 3.05) is 24.2 Å². The molecular formula is C16H21N5. The average molecular weight is 283 g/mol. The summed E-state index contributed by atoms with van der Waals surface area (Å²) in [4.78, 5) is 13.3. The maximum absolute atomic E-state index is 4.70. The summed E-state index contributed by atoms with van der Waals surface area (Å²) in [6.45, 7) is 2.91. The van der Waals surface area contributed by atoms with Crippen LogP contribution in [-0.4, -0.2) is 28.5 Å². The van der Waals surface area contributed by atoms with Gasteiger partial charge in [-0.25, -0.2) is 9.97 Å². The molecule has 0 bridgehead atoms. The van der Waals surface area contributed by atoms with Crippen molar-refractivity contribution in [3.8, 4) is 0 Å². The van der Waals surface area contributed by atoms with Crippen molar-refractivity contribution < 1.29 is 0 Å². The molecule has 0 unspecified atom stereocenters. The van der Waals surface area contributed by atoms with Crippen LogP contribution < -0.4 is 10.6 Å². The van der Waals surface area contributed by atoms with Crippen LogP contribution >= 0.6 is 0 Å². The van der Waals surface area contributed by atoms with Gasteiger partial charge in [-0.3, -0.25) is 4.98 Å². The Balaban J connectivity index is 1.70. The minimum atomic E-state index is 0.554. The van der Waals surface area contributed by atoms with E-state index >= 15 is 0 Å². The van der Waals surface area contributed by atoms with Gasteiger partial charge in [0.2, 0.25) is 0 Å². The summed E-state index contributed by atoms with van der Waals surface area (Å²) in [5.41, 5.74) is 2.36. The fourth-order valence-corrected chi connectivity index (χ4v) is 2.35. The highest BCUT2D eigenvalue weighted by Gasteiger charge is 2.28. The van der Waals surface area contributed by atoms with Crippen molar-refractivity contribution in [3.63, 3.8) is 0 Å². The second-order valence-electron chi connectivity index (χ2n) is 5.46. The number of hydrogen-bond acceptors (Lipinski definition) is 5. The Kier molecular flexibility index (Phi) is 3.99. The zero-order valence-corrected chi connectivity index (χ0v) is 12.6. The average Bonchev–Trinajstić information content (AvgIpc) is 3.35. The first-order valence-corrected chi connectivity index (χ1v) is 7.47. The molecule has 1 aliphatic carbocycles. The highest BCUT2D eigenvalue weighted by molar-refractivity contribution is 5.57. The largest absolute Gasteiger partial charge is 0.373 e. The molecule has 0 atom stereocenters. The fraction of sp³-hybridized carbons (Fsp3) is 0.438. The molecule has 1 saturated carbocycles. The van der Waals surface area contributed by atoms with Crippen molar-refractivity contribution in [1.29, 1.82) is 0 Å². The van der Waals surface area contributed by atoms with Crippen molar-refractivity contribution in [1.82, 2.24) is 15.0 Å². The number of hydrogen-bond donors (Lipinski definition) is 2. The third-order valence-corrected chi connectivity index (χ3v) is 3.80. The Labute approximate surface area is 125 Å². The molecule has 0 aliphatic heterocycles. The lowest BCUT2D eigenvalue weighted by Gasteiger charge is -2.13. The lowest BCUT2D eigenvalue weighted by Crippen LogP contribution is -2.11. The molecule has 21 heavy (non-hydrogen) atoms. The zero-order chi connectivity index (χ0) is 14.7. The maximum Gasteiger partial charge on any atom is 0.136 e. The molecule has 0 aromatic carbocycles. The van der Waals surface area contributed by atoms with Gasteiger partial charge in [0, 0.05) is 37.5 Å². The third kappa shape index (κ3) is 3.29. The SMILES string of the molecule is CNc1nc(C2CC2)nc(NCCc2ccncc2)c1C.